The summed E-state index contributed by atoms with van der Waals surface area (Å²) < 4.78 is 2.24. The zero-order chi connectivity index (χ0) is 8.84. The van der Waals surface area contributed by atoms with Crippen LogP contribution in [0.2, 0.25) is 5.15 Å². The molecule has 13 heavy (non-hydrogen) atoms. The number of fused-ring (bicyclic) bond motifs is 1. The molecule has 2 heterocycles. The van der Waals surface area contributed by atoms with Crippen LogP contribution in [-0.2, 0) is 0 Å². The number of nitrogens with zero attached hydrogens (tertiary/aromatic N) is 2. The van der Waals surface area contributed by atoms with Gasteiger partial charge in [0, 0.05) is 23.8 Å². The summed E-state index contributed by atoms with van der Waals surface area (Å²) >= 11 is 6.04. The molecule has 0 atom stereocenters. The molecule has 0 radical (unpaired) electrons. The van der Waals surface area contributed by atoms with Crippen LogP contribution in [0.3, 0.4) is 0 Å². The standard InChI is InChI=1S/C10H9ClN2/c11-10-9-7(3-5-12-10)4-6-13(9)8-1-2-8/h3-6,8H,1-2H2. The van der Waals surface area contributed by atoms with Crippen LogP contribution in [0.1, 0.15) is 18.9 Å². The number of halogens is 1. The first-order valence-corrected chi connectivity index (χ1v) is 4.85. The Hall–Kier alpha value is -1.02. The van der Waals surface area contributed by atoms with Gasteiger partial charge in [0.1, 0.15) is 0 Å². The van der Waals surface area contributed by atoms with E-state index in [1.807, 2.05) is 6.07 Å². The molecule has 0 amide bonds. The third-order valence-corrected chi connectivity index (χ3v) is 2.80. The minimum absolute atomic E-state index is 0.620. The van der Waals surface area contributed by atoms with Crippen molar-refractivity contribution in [1.82, 2.24) is 9.55 Å². The maximum atomic E-state index is 6.04. The summed E-state index contributed by atoms with van der Waals surface area (Å²) in [6.07, 6.45) is 6.40. The summed E-state index contributed by atoms with van der Waals surface area (Å²) in [6, 6.07) is 4.76. The van der Waals surface area contributed by atoms with Crippen LogP contribution in [0.15, 0.2) is 24.5 Å². The fourth-order valence-corrected chi connectivity index (χ4v) is 1.99. The lowest BCUT2D eigenvalue weighted by atomic mass is 10.3. The highest BCUT2D eigenvalue weighted by Crippen LogP contribution is 2.38. The van der Waals surface area contributed by atoms with Crippen molar-refractivity contribution in [3.8, 4) is 0 Å². The predicted molar refractivity (Wildman–Crippen MR) is 53.0 cm³/mol. The van der Waals surface area contributed by atoms with Gasteiger partial charge in [0.05, 0.1) is 5.52 Å². The molecule has 0 saturated heterocycles. The average molecular weight is 193 g/mol. The molecule has 0 unspecified atom stereocenters. The van der Waals surface area contributed by atoms with E-state index in [4.69, 9.17) is 11.6 Å². The average Bonchev–Trinajstić information content (AvgIpc) is 2.87. The Morgan fingerprint density at radius 1 is 1.38 bits per heavy atom. The Labute approximate surface area is 81.1 Å². The van der Waals surface area contributed by atoms with Crippen LogP contribution in [0.4, 0.5) is 0 Å². The van der Waals surface area contributed by atoms with Gasteiger partial charge in [-0.1, -0.05) is 11.6 Å². The van der Waals surface area contributed by atoms with Crippen molar-refractivity contribution in [3.63, 3.8) is 0 Å². The van der Waals surface area contributed by atoms with Gasteiger partial charge in [-0.2, -0.15) is 0 Å². The summed E-state index contributed by atoms with van der Waals surface area (Å²) in [5, 5.41) is 1.81. The summed E-state index contributed by atoms with van der Waals surface area (Å²) in [5.74, 6) is 0. The van der Waals surface area contributed by atoms with E-state index >= 15 is 0 Å². The van der Waals surface area contributed by atoms with E-state index < -0.39 is 0 Å². The highest BCUT2D eigenvalue weighted by atomic mass is 35.5. The number of rotatable bonds is 1. The molecule has 2 aromatic heterocycles. The zero-order valence-corrected chi connectivity index (χ0v) is 7.83. The summed E-state index contributed by atoms with van der Waals surface area (Å²) in [5.41, 5.74) is 1.09. The Balaban J connectivity index is 2.34. The van der Waals surface area contributed by atoms with Gasteiger partial charge in [0.25, 0.3) is 0 Å². The second kappa shape index (κ2) is 2.48. The molecule has 0 N–H and O–H groups in total. The highest BCUT2D eigenvalue weighted by molar-refractivity contribution is 6.33. The van der Waals surface area contributed by atoms with Crippen molar-refractivity contribution in [2.75, 3.05) is 0 Å². The van der Waals surface area contributed by atoms with E-state index in [0.717, 1.165) is 5.52 Å². The number of hydrogen-bond acceptors (Lipinski definition) is 1. The number of hydrogen-bond donors (Lipinski definition) is 0. The van der Waals surface area contributed by atoms with Crippen LogP contribution >= 0.6 is 11.6 Å². The van der Waals surface area contributed by atoms with Crippen molar-refractivity contribution in [2.45, 2.75) is 18.9 Å². The molecule has 0 bridgehead atoms. The number of pyridine rings is 1. The SMILES string of the molecule is Clc1nccc2ccn(C3CC3)c12. The molecular formula is C10H9ClN2. The fourth-order valence-electron chi connectivity index (χ4n) is 1.72. The first kappa shape index (κ1) is 7.39. The maximum absolute atomic E-state index is 6.04. The van der Waals surface area contributed by atoms with E-state index in [2.05, 4.69) is 21.8 Å². The molecule has 66 valence electrons. The Morgan fingerprint density at radius 2 is 2.23 bits per heavy atom. The van der Waals surface area contributed by atoms with Crippen LogP contribution in [0.5, 0.6) is 0 Å². The van der Waals surface area contributed by atoms with Crippen molar-refractivity contribution in [3.05, 3.63) is 29.7 Å². The Kier molecular flexibility index (Phi) is 1.41. The molecule has 3 rings (SSSR count). The lowest BCUT2D eigenvalue weighted by Gasteiger charge is -2.02. The molecule has 1 fully saturated rings. The summed E-state index contributed by atoms with van der Waals surface area (Å²) in [7, 11) is 0. The van der Waals surface area contributed by atoms with Crippen molar-refractivity contribution in [2.24, 2.45) is 0 Å². The molecule has 2 aromatic rings. The van der Waals surface area contributed by atoms with Crippen molar-refractivity contribution < 1.29 is 0 Å². The van der Waals surface area contributed by atoms with Crippen molar-refractivity contribution >= 4 is 22.5 Å². The van der Waals surface area contributed by atoms with Crippen LogP contribution in [-0.4, -0.2) is 9.55 Å². The van der Waals surface area contributed by atoms with Crippen LogP contribution in [0, 0.1) is 0 Å². The lowest BCUT2D eigenvalue weighted by Crippen LogP contribution is -1.91. The van der Waals surface area contributed by atoms with Gasteiger partial charge < -0.3 is 4.57 Å². The van der Waals surface area contributed by atoms with Gasteiger partial charge in [-0.25, -0.2) is 4.98 Å². The minimum Gasteiger partial charge on any atom is -0.342 e. The second-order valence-electron chi connectivity index (χ2n) is 3.49. The molecule has 1 aliphatic rings. The van der Waals surface area contributed by atoms with E-state index in [0.29, 0.717) is 11.2 Å². The lowest BCUT2D eigenvalue weighted by molar-refractivity contribution is 0.775. The van der Waals surface area contributed by atoms with Crippen LogP contribution < -0.4 is 0 Å². The topological polar surface area (TPSA) is 17.8 Å². The third-order valence-electron chi connectivity index (χ3n) is 2.52. The van der Waals surface area contributed by atoms with Crippen molar-refractivity contribution in [1.29, 1.82) is 0 Å². The second-order valence-corrected chi connectivity index (χ2v) is 3.85. The van der Waals surface area contributed by atoms with Gasteiger partial charge in [0.15, 0.2) is 5.15 Å². The Morgan fingerprint density at radius 3 is 3.00 bits per heavy atom. The number of aromatic nitrogens is 2. The molecule has 3 heteroatoms. The zero-order valence-electron chi connectivity index (χ0n) is 7.07. The molecular weight excluding hydrogens is 184 g/mol. The van der Waals surface area contributed by atoms with Gasteiger partial charge in [-0.3, -0.25) is 0 Å². The first-order valence-electron chi connectivity index (χ1n) is 4.47. The summed E-state index contributed by atoms with van der Waals surface area (Å²) in [4.78, 5) is 4.09. The molecule has 2 nitrogen and oxygen atoms in total. The van der Waals surface area contributed by atoms with E-state index in [1.165, 1.54) is 18.2 Å². The van der Waals surface area contributed by atoms with Gasteiger partial charge >= 0.3 is 0 Å². The molecule has 1 saturated carbocycles. The fraction of sp³-hybridized carbons (Fsp3) is 0.300. The quantitative estimate of drug-likeness (QED) is 0.636. The normalized spacial score (nSPS) is 16.7. The Bertz CT molecular complexity index is 457. The van der Waals surface area contributed by atoms with E-state index in [-0.39, 0.29) is 0 Å². The molecule has 0 spiro atoms. The maximum Gasteiger partial charge on any atom is 0.153 e. The minimum atomic E-state index is 0.620. The summed E-state index contributed by atoms with van der Waals surface area (Å²) in [6.45, 7) is 0. The van der Waals surface area contributed by atoms with Gasteiger partial charge in [-0.15, -0.1) is 0 Å². The van der Waals surface area contributed by atoms with E-state index in [1.54, 1.807) is 6.20 Å². The monoisotopic (exact) mass is 192 g/mol. The van der Waals surface area contributed by atoms with Gasteiger partial charge in [-0.05, 0) is 25.0 Å². The van der Waals surface area contributed by atoms with Crippen LogP contribution in [0.25, 0.3) is 10.9 Å². The third kappa shape index (κ3) is 1.05. The van der Waals surface area contributed by atoms with Gasteiger partial charge in [0.2, 0.25) is 0 Å². The highest BCUT2D eigenvalue weighted by Gasteiger charge is 2.25. The molecule has 0 aromatic carbocycles. The smallest absolute Gasteiger partial charge is 0.153 e. The largest absolute Gasteiger partial charge is 0.342 e. The predicted octanol–water partition coefficient (Wildman–Crippen LogP) is 3.02. The molecule has 0 aliphatic heterocycles. The van der Waals surface area contributed by atoms with E-state index in [9.17, 15) is 0 Å². The molecule has 1 aliphatic carbocycles. The first-order chi connectivity index (χ1) is 6.36.